The third kappa shape index (κ3) is 4.02. The molecule has 8 heteroatoms. The van der Waals surface area contributed by atoms with Gasteiger partial charge in [-0.25, -0.2) is 0 Å². The highest BCUT2D eigenvalue weighted by Crippen LogP contribution is 2.56. The summed E-state index contributed by atoms with van der Waals surface area (Å²) < 4.78 is 13.2. The van der Waals surface area contributed by atoms with Gasteiger partial charge in [-0.05, 0) is 64.1 Å². The van der Waals surface area contributed by atoms with E-state index >= 15 is 0 Å². The minimum Gasteiger partial charge on any atom is -0.482 e. The maximum atomic E-state index is 13.1. The van der Waals surface area contributed by atoms with Crippen molar-refractivity contribution < 1.29 is 28.7 Å². The molecule has 0 N–H and O–H groups in total. The van der Waals surface area contributed by atoms with Crippen LogP contribution in [0, 0.1) is 0 Å². The van der Waals surface area contributed by atoms with Crippen molar-refractivity contribution in [1.82, 2.24) is 0 Å². The van der Waals surface area contributed by atoms with E-state index in [1.807, 2.05) is 39.8 Å². The second-order valence-electron chi connectivity index (χ2n) is 13.4. The second-order valence-corrected chi connectivity index (χ2v) is 15.5. The fraction of sp³-hybridized carbons (Fsp3) is 0.150. The lowest BCUT2D eigenvalue weighted by molar-refractivity contribution is 0.0975. The zero-order valence-corrected chi connectivity index (χ0v) is 28.0. The van der Waals surface area contributed by atoms with Crippen LogP contribution in [-0.2, 0) is 11.2 Å². The van der Waals surface area contributed by atoms with Crippen LogP contribution in [-0.4, -0.2) is 23.1 Å². The van der Waals surface area contributed by atoms with Gasteiger partial charge in [0.1, 0.15) is 22.7 Å². The molecule has 2 aliphatic carbocycles. The molecule has 0 radical (unpaired) electrons. The molecule has 6 nitrogen and oxygen atoms in total. The highest BCUT2D eigenvalue weighted by atomic mass is 32.1. The van der Waals surface area contributed by atoms with Gasteiger partial charge in [-0.2, -0.15) is 0 Å². The van der Waals surface area contributed by atoms with Gasteiger partial charge in [0.25, 0.3) is 0 Å². The second kappa shape index (κ2) is 9.69. The van der Waals surface area contributed by atoms with Crippen molar-refractivity contribution in [3.8, 4) is 32.4 Å². The summed E-state index contributed by atoms with van der Waals surface area (Å²) in [6.45, 7) is 8.12. The molecule has 9 rings (SSSR count). The highest BCUT2D eigenvalue weighted by molar-refractivity contribution is 7.17. The summed E-state index contributed by atoms with van der Waals surface area (Å²) in [5.41, 5.74) is 4.74. The van der Waals surface area contributed by atoms with E-state index in [1.54, 1.807) is 60.7 Å². The maximum Gasteiger partial charge on any atom is 0.197 e. The Hall–Kier alpha value is -5.18. The van der Waals surface area contributed by atoms with E-state index in [9.17, 15) is 19.2 Å². The van der Waals surface area contributed by atoms with Crippen molar-refractivity contribution in [3.63, 3.8) is 0 Å². The van der Waals surface area contributed by atoms with Gasteiger partial charge in [0.15, 0.2) is 23.1 Å². The number of hydrogen-bond donors (Lipinski definition) is 0. The zero-order valence-electron chi connectivity index (χ0n) is 26.3. The number of hydrogen-bond acceptors (Lipinski definition) is 8. The summed E-state index contributed by atoms with van der Waals surface area (Å²) in [4.78, 5) is 55.8. The molecule has 234 valence electrons. The number of ketones is 4. The first-order valence-corrected chi connectivity index (χ1v) is 17.2. The molecule has 4 aliphatic rings. The monoisotopic (exact) mass is 666 g/mol. The van der Waals surface area contributed by atoms with E-state index in [4.69, 9.17) is 9.47 Å². The van der Waals surface area contributed by atoms with E-state index in [-0.39, 0.29) is 34.3 Å². The zero-order chi connectivity index (χ0) is 33.3. The van der Waals surface area contributed by atoms with Crippen LogP contribution in [0.15, 0.2) is 83.9 Å². The Labute approximate surface area is 284 Å². The molecule has 2 aliphatic heterocycles. The Morgan fingerprint density at radius 1 is 0.500 bits per heavy atom. The highest BCUT2D eigenvalue weighted by Gasteiger charge is 2.41. The fourth-order valence-electron chi connectivity index (χ4n) is 7.18. The fourth-order valence-corrected chi connectivity index (χ4v) is 9.29. The topological polar surface area (TPSA) is 86.7 Å². The number of carbonyl (C=O) groups excluding carboxylic acids is 4. The van der Waals surface area contributed by atoms with Crippen molar-refractivity contribution in [3.05, 3.63) is 127 Å². The van der Waals surface area contributed by atoms with Gasteiger partial charge in [0.2, 0.25) is 0 Å². The number of fused-ring (bicyclic) bond motifs is 8. The van der Waals surface area contributed by atoms with E-state index in [0.717, 1.165) is 41.8 Å². The van der Waals surface area contributed by atoms with Crippen LogP contribution >= 0.6 is 22.7 Å². The number of carbonyl (C=O) groups is 4. The third-order valence-corrected chi connectivity index (χ3v) is 11.7. The normalized spacial score (nSPS) is 17.5. The third-order valence-electron chi connectivity index (χ3n) is 9.49. The van der Waals surface area contributed by atoms with Crippen LogP contribution in [0.25, 0.3) is 33.0 Å². The smallest absolute Gasteiger partial charge is 0.197 e. The first-order valence-electron chi connectivity index (χ1n) is 15.6. The lowest BCUT2D eigenvalue weighted by Gasteiger charge is -2.38. The molecule has 2 aromatic heterocycles. The number of Topliss-reactive ketones (excluding diaryl/α,β-unsaturated/α-hetero) is 4. The van der Waals surface area contributed by atoms with E-state index in [0.29, 0.717) is 33.8 Å². The molecular formula is C40H26O6S2. The van der Waals surface area contributed by atoms with Gasteiger partial charge in [-0.3, -0.25) is 19.2 Å². The van der Waals surface area contributed by atoms with Crippen LogP contribution in [0.1, 0.15) is 90.0 Å². The van der Waals surface area contributed by atoms with Crippen LogP contribution in [0.4, 0.5) is 0 Å². The van der Waals surface area contributed by atoms with Crippen molar-refractivity contribution in [1.29, 1.82) is 0 Å². The Morgan fingerprint density at radius 3 is 1.17 bits per heavy atom. The van der Waals surface area contributed by atoms with E-state index in [1.165, 1.54) is 22.7 Å². The minimum atomic E-state index is -0.683. The average Bonchev–Trinajstić information content (AvgIpc) is 3.77. The molecule has 0 amide bonds. The average molecular weight is 667 g/mol. The van der Waals surface area contributed by atoms with Gasteiger partial charge in [-0.1, -0.05) is 48.5 Å². The maximum absolute atomic E-state index is 13.1. The van der Waals surface area contributed by atoms with Crippen LogP contribution < -0.4 is 9.47 Å². The summed E-state index contributed by atoms with van der Waals surface area (Å²) in [6, 6.07) is 22.0. The number of allylic oxidation sites excluding steroid dienone is 2. The molecule has 0 unspecified atom stereocenters. The number of rotatable bonds is 2. The van der Waals surface area contributed by atoms with Gasteiger partial charge < -0.3 is 9.47 Å². The number of benzene rings is 3. The molecule has 0 atom stereocenters. The molecule has 0 bridgehead atoms. The standard InChI is InChI=1S/C40H26O6S2/c1-39(2)29-17-26-30(18-25(29)37-31(45-39)15-19(47-37)13-27-33(41)21-9-5-6-10-22(21)34(27)42)40(3,4)46-32-16-20(48-38(26)32)14-28-35(43)23-11-7-8-12-24(23)36(28)44/h5-18H,1-4H3. The lowest BCUT2D eigenvalue weighted by Crippen LogP contribution is -2.32. The van der Waals surface area contributed by atoms with E-state index < -0.39 is 11.2 Å². The van der Waals surface area contributed by atoms with Gasteiger partial charge in [-0.15, -0.1) is 22.7 Å². The molecule has 0 saturated carbocycles. The van der Waals surface area contributed by atoms with Gasteiger partial charge in [0, 0.05) is 54.3 Å². The number of ether oxygens (including phenoxy) is 2. The summed E-state index contributed by atoms with van der Waals surface area (Å²) in [7, 11) is 0. The van der Waals surface area contributed by atoms with E-state index in [2.05, 4.69) is 12.1 Å². The lowest BCUT2D eigenvalue weighted by atomic mass is 9.81. The van der Waals surface area contributed by atoms with Crippen LogP contribution in [0.5, 0.6) is 11.5 Å². The Balaban J connectivity index is 1.14. The van der Waals surface area contributed by atoms with Crippen LogP contribution in [0.2, 0.25) is 0 Å². The molecule has 4 heterocycles. The molecule has 48 heavy (non-hydrogen) atoms. The van der Waals surface area contributed by atoms with Gasteiger partial charge >= 0.3 is 0 Å². The van der Waals surface area contributed by atoms with Gasteiger partial charge in [0.05, 0.1) is 20.9 Å². The van der Waals surface area contributed by atoms with Crippen LogP contribution in [0.3, 0.4) is 0 Å². The van der Waals surface area contributed by atoms with Crippen molar-refractivity contribution in [2.45, 2.75) is 38.9 Å². The van der Waals surface area contributed by atoms with Crippen molar-refractivity contribution in [2.24, 2.45) is 0 Å². The Morgan fingerprint density at radius 2 is 0.833 bits per heavy atom. The largest absolute Gasteiger partial charge is 0.482 e. The first-order chi connectivity index (χ1) is 22.9. The summed E-state index contributed by atoms with van der Waals surface area (Å²) in [6.07, 6.45) is 3.36. The Bertz CT molecular complexity index is 2190. The van der Waals surface area contributed by atoms with Crippen molar-refractivity contribution >= 4 is 58.0 Å². The first kappa shape index (κ1) is 29.0. The summed E-state index contributed by atoms with van der Waals surface area (Å²) >= 11 is 2.97. The molecule has 0 saturated heterocycles. The summed E-state index contributed by atoms with van der Waals surface area (Å²) in [5, 5.41) is 0. The molecular weight excluding hydrogens is 641 g/mol. The minimum absolute atomic E-state index is 0.162. The molecule has 0 spiro atoms. The SMILES string of the molecule is CC1(C)Oc2cc(C=C3C(=O)c4ccccc4C3=O)sc2-c2cc3c(cc21)-c1sc(C=C2C(=O)c4ccccc4C2=O)cc1OC3(C)C. The Kier molecular flexibility index (Phi) is 5.85. The van der Waals surface area contributed by atoms with Crippen molar-refractivity contribution in [2.75, 3.05) is 0 Å². The predicted molar refractivity (Wildman–Crippen MR) is 187 cm³/mol. The quantitative estimate of drug-likeness (QED) is 0.138. The molecule has 0 fully saturated rings. The molecule has 3 aromatic carbocycles. The number of thiophene rings is 2. The predicted octanol–water partition coefficient (Wildman–Crippen LogP) is 9.32. The molecule has 5 aromatic rings. The summed E-state index contributed by atoms with van der Waals surface area (Å²) in [5.74, 6) is 0.363.